The van der Waals surface area contributed by atoms with Crippen molar-refractivity contribution in [2.45, 2.75) is 6.54 Å². The zero-order valence-electron chi connectivity index (χ0n) is 17.3. The van der Waals surface area contributed by atoms with Crippen molar-refractivity contribution in [3.05, 3.63) is 87.7 Å². The van der Waals surface area contributed by atoms with Crippen LogP contribution in [0.1, 0.15) is 11.1 Å². The molecule has 1 aliphatic heterocycles. The van der Waals surface area contributed by atoms with Gasteiger partial charge in [-0.2, -0.15) is 0 Å². The molecule has 1 fully saturated rings. The number of carbonyl (C=O) groups is 1. The van der Waals surface area contributed by atoms with E-state index in [1.807, 2.05) is 30.3 Å². The van der Waals surface area contributed by atoms with Crippen LogP contribution in [0.2, 0.25) is 0 Å². The minimum atomic E-state index is -0.275. The minimum Gasteiger partial charge on any atom is -0.497 e. The molecule has 0 saturated carbocycles. The Kier molecular flexibility index (Phi) is 6.38. The molecule has 1 N–H and O–H groups in total. The van der Waals surface area contributed by atoms with Crippen LogP contribution in [0.3, 0.4) is 0 Å². The van der Waals surface area contributed by atoms with Crippen molar-refractivity contribution in [3.63, 3.8) is 0 Å². The Morgan fingerprint density at radius 1 is 1.22 bits per heavy atom. The van der Waals surface area contributed by atoms with Crippen LogP contribution in [0.5, 0.6) is 5.75 Å². The number of methoxy groups -OCH3 is 1. The number of hydrogen-bond donors (Lipinski definition) is 1. The first-order chi connectivity index (χ1) is 15.5. The molecule has 1 aromatic carbocycles. The predicted octanol–water partition coefficient (Wildman–Crippen LogP) is 3.70. The first-order valence-corrected chi connectivity index (χ1v) is 11.0. The average molecular weight is 465 g/mol. The molecule has 1 saturated heterocycles. The fourth-order valence-corrected chi connectivity index (χ4v) is 4.45. The van der Waals surface area contributed by atoms with Gasteiger partial charge in [0.2, 0.25) is 0 Å². The second-order valence-electron chi connectivity index (χ2n) is 6.89. The number of fused-ring (bicyclic) bond motifs is 1. The van der Waals surface area contributed by atoms with Crippen molar-refractivity contribution in [2.24, 2.45) is 0 Å². The molecule has 9 heteroatoms. The molecule has 1 amide bonds. The van der Waals surface area contributed by atoms with Gasteiger partial charge in [0.25, 0.3) is 11.5 Å². The van der Waals surface area contributed by atoms with Crippen molar-refractivity contribution >= 4 is 51.7 Å². The van der Waals surface area contributed by atoms with Gasteiger partial charge in [-0.15, -0.1) is 6.58 Å². The third kappa shape index (κ3) is 4.30. The van der Waals surface area contributed by atoms with E-state index in [1.54, 1.807) is 37.6 Å². The Bertz CT molecular complexity index is 1300. The molecular weight excluding hydrogens is 444 g/mol. The summed E-state index contributed by atoms with van der Waals surface area (Å²) in [5.74, 6) is 0.882. The van der Waals surface area contributed by atoms with Crippen LogP contribution in [0.4, 0.5) is 5.82 Å². The van der Waals surface area contributed by atoms with Gasteiger partial charge in [-0.3, -0.25) is 18.9 Å². The molecule has 2 aromatic heterocycles. The Hall–Kier alpha value is -3.43. The fraction of sp³-hybridized carbons (Fsp3) is 0.130. The summed E-state index contributed by atoms with van der Waals surface area (Å²) in [4.78, 5) is 32.7. The van der Waals surface area contributed by atoms with E-state index >= 15 is 0 Å². The summed E-state index contributed by atoms with van der Waals surface area (Å²) in [5.41, 5.74) is 1.44. The van der Waals surface area contributed by atoms with E-state index < -0.39 is 0 Å². The van der Waals surface area contributed by atoms with Crippen LogP contribution in [-0.2, 0) is 11.3 Å². The lowest BCUT2D eigenvalue weighted by molar-refractivity contribution is -0.122. The van der Waals surface area contributed by atoms with Gasteiger partial charge in [-0.1, -0.05) is 48.3 Å². The summed E-state index contributed by atoms with van der Waals surface area (Å²) < 4.78 is 7.06. The predicted molar refractivity (Wildman–Crippen MR) is 132 cm³/mol. The van der Waals surface area contributed by atoms with Gasteiger partial charge in [0, 0.05) is 12.7 Å². The number of nitrogens with one attached hydrogen (secondary N) is 1. The third-order valence-corrected chi connectivity index (χ3v) is 6.21. The summed E-state index contributed by atoms with van der Waals surface area (Å²) >= 11 is 6.62. The van der Waals surface area contributed by atoms with E-state index in [1.165, 1.54) is 21.1 Å². The maximum atomic E-state index is 13.2. The molecule has 3 aromatic rings. The normalized spacial score (nSPS) is 14.9. The first kappa shape index (κ1) is 21.8. The molecule has 0 atom stereocenters. The van der Waals surface area contributed by atoms with E-state index in [0.29, 0.717) is 39.3 Å². The number of nitrogens with zero attached hydrogens (tertiary/aromatic N) is 3. The van der Waals surface area contributed by atoms with Crippen molar-refractivity contribution in [1.29, 1.82) is 0 Å². The van der Waals surface area contributed by atoms with Gasteiger partial charge in [-0.05, 0) is 35.9 Å². The summed E-state index contributed by atoms with van der Waals surface area (Å²) in [7, 11) is 1.60. The second-order valence-corrected chi connectivity index (χ2v) is 8.57. The number of anilines is 1. The number of carbonyl (C=O) groups excluding carboxylic acids is 1. The first-order valence-electron chi connectivity index (χ1n) is 9.76. The van der Waals surface area contributed by atoms with Crippen LogP contribution in [0.25, 0.3) is 11.7 Å². The summed E-state index contributed by atoms with van der Waals surface area (Å²) in [6, 6.07) is 12.8. The van der Waals surface area contributed by atoms with Gasteiger partial charge in [0.05, 0.1) is 24.1 Å². The highest BCUT2D eigenvalue weighted by Gasteiger charge is 2.32. The average Bonchev–Trinajstić information content (AvgIpc) is 3.07. The van der Waals surface area contributed by atoms with Crippen molar-refractivity contribution in [3.8, 4) is 5.75 Å². The van der Waals surface area contributed by atoms with Gasteiger partial charge in [0.1, 0.15) is 21.5 Å². The summed E-state index contributed by atoms with van der Waals surface area (Å²) in [6.45, 7) is 4.46. The molecule has 0 unspecified atom stereocenters. The van der Waals surface area contributed by atoms with Crippen molar-refractivity contribution in [1.82, 2.24) is 14.3 Å². The Labute approximate surface area is 194 Å². The van der Waals surface area contributed by atoms with E-state index in [9.17, 15) is 9.59 Å². The van der Waals surface area contributed by atoms with Crippen LogP contribution < -0.4 is 15.6 Å². The number of thiocarbonyl (C=S) groups is 1. The number of thioether (sulfide) groups is 1. The van der Waals surface area contributed by atoms with Gasteiger partial charge in [-0.25, -0.2) is 4.98 Å². The lowest BCUT2D eigenvalue weighted by Gasteiger charge is -2.14. The number of amides is 1. The zero-order valence-corrected chi connectivity index (χ0v) is 18.9. The lowest BCUT2D eigenvalue weighted by Crippen LogP contribution is -2.27. The molecule has 162 valence electrons. The maximum Gasteiger partial charge on any atom is 0.267 e. The van der Waals surface area contributed by atoms with Crippen LogP contribution in [0.15, 0.2) is 71.0 Å². The SMILES string of the molecule is C=CCNc1nc2ccccn2c(=O)c1/C=C1\SC(=S)N(Cc2ccc(OC)cc2)C1=O. The number of rotatable bonds is 7. The third-order valence-electron chi connectivity index (χ3n) is 4.83. The number of aromatic nitrogens is 2. The van der Waals surface area contributed by atoms with Crippen molar-refractivity contribution in [2.75, 3.05) is 19.0 Å². The Morgan fingerprint density at radius 2 is 2.00 bits per heavy atom. The van der Waals surface area contributed by atoms with E-state index in [2.05, 4.69) is 16.9 Å². The van der Waals surface area contributed by atoms with Crippen molar-refractivity contribution < 1.29 is 9.53 Å². The molecule has 0 spiro atoms. The number of benzene rings is 1. The van der Waals surface area contributed by atoms with E-state index in [4.69, 9.17) is 17.0 Å². The highest BCUT2D eigenvalue weighted by Crippen LogP contribution is 2.34. The Morgan fingerprint density at radius 3 is 2.72 bits per heavy atom. The summed E-state index contributed by atoms with van der Waals surface area (Å²) in [5, 5.41) is 3.09. The molecule has 7 nitrogen and oxygen atoms in total. The fourth-order valence-electron chi connectivity index (χ4n) is 3.22. The van der Waals surface area contributed by atoms with E-state index in [-0.39, 0.29) is 11.5 Å². The molecule has 4 rings (SSSR count). The van der Waals surface area contributed by atoms with Gasteiger partial charge >= 0.3 is 0 Å². The van der Waals surface area contributed by atoms with Crippen LogP contribution >= 0.6 is 24.0 Å². The standard InChI is InChI=1S/C23H20N4O3S2/c1-3-11-24-20-17(21(28)26-12-5-4-6-19(26)25-20)13-18-22(29)27(23(31)32-18)14-15-7-9-16(30-2)10-8-15/h3-10,12-13,24H,1,11,14H2,2H3/b18-13-. The number of ether oxygens (including phenoxy) is 1. The quantitative estimate of drug-likeness (QED) is 0.325. The molecular formula is C23H20N4O3S2. The van der Waals surface area contributed by atoms with Crippen LogP contribution in [0, 0.1) is 0 Å². The molecule has 32 heavy (non-hydrogen) atoms. The minimum absolute atomic E-state index is 0.247. The zero-order chi connectivity index (χ0) is 22.7. The largest absolute Gasteiger partial charge is 0.497 e. The van der Waals surface area contributed by atoms with E-state index in [0.717, 1.165) is 11.3 Å². The number of pyridine rings is 1. The molecule has 0 radical (unpaired) electrons. The molecule has 3 heterocycles. The lowest BCUT2D eigenvalue weighted by atomic mass is 10.2. The van der Waals surface area contributed by atoms with Gasteiger partial charge in [0.15, 0.2) is 0 Å². The highest BCUT2D eigenvalue weighted by molar-refractivity contribution is 8.26. The topological polar surface area (TPSA) is 75.9 Å². The smallest absolute Gasteiger partial charge is 0.267 e. The maximum absolute atomic E-state index is 13.2. The highest BCUT2D eigenvalue weighted by atomic mass is 32.2. The molecule has 0 aliphatic carbocycles. The molecule has 0 bridgehead atoms. The monoisotopic (exact) mass is 464 g/mol. The Balaban J connectivity index is 1.69. The second kappa shape index (κ2) is 9.37. The summed E-state index contributed by atoms with van der Waals surface area (Å²) in [6.07, 6.45) is 4.88. The van der Waals surface area contributed by atoms with Crippen LogP contribution in [-0.4, -0.2) is 38.2 Å². The molecule has 1 aliphatic rings. The van der Waals surface area contributed by atoms with Gasteiger partial charge < -0.3 is 10.1 Å². The number of hydrogen-bond acceptors (Lipinski definition) is 7.